The highest BCUT2D eigenvalue weighted by Gasteiger charge is 2.09. The van der Waals surface area contributed by atoms with Crippen LogP contribution in [0.25, 0.3) is 0 Å². The van der Waals surface area contributed by atoms with Gasteiger partial charge in [0.15, 0.2) is 0 Å². The minimum absolute atomic E-state index is 0.261. The first-order valence-electron chi connectivity index (χ1n) is 5.50. The number of allylic oxidation sites excluding steroid dienone is 7. The van der Waals surface area contributed by atoms with E-state index < -0.39 is 5.97 Å². The number of aliphatic imine (C=N–C) groups is 1. The van der Waals surface area contributed by atoms with Gasteiger partial charge < -0.3 is 4.74 Å². The SMILES string of the molecule is C=C/C=C\C(=C/C=C)OC(=O)/C(C=NC=C)=C/C=C. The molecule has 0 unspecified atom stereocenters. The summed E-state index contributed by atoms with van der Waals surface area (Å²) in [5.41, 5.74) is 0.261. The Kier molecular flexibility index (Phi) is 9.00. The lowest BCUT2D eigenvalue weighted by molar-refractivity contribution is -0.133. The van der Waals surface area contributed by atoms with Gasteiger partial charge in [-0.3, -0.25) is 4.99 Å². The van der Waals surface area contributed by atoms with Gasteiger partial charge >= 0.3 is 5.97 Å². The molecule has 0 rings (SSSR count). The fraction of sp³-hybridized carbons (Fsp3) is 0. The van der Waals surface area contributed by atoms with Gasteiger partial charge in [-0.15, -0.1) is 0 Å². The van der Waals surface area contributed by atoms with E-state index in [0.717, 1.165) is 0 Å². The highest BCUT2D eigenvalue weighted by atomic mass is 16.5. The number of carbonyl (C=O) groups is 1. The quantitative estimate of drug-likeness (QED) is 0.218. The minimum Gasteiger partial charge on any atom is -0.423 e. The van der Waals surface area contributed by atoms with Crippen molar-refractivity contribution < 1.29 is 9.53 Å². The molecule has 0 atom stereocenters. The van der Waals surface area contributed by atoms with E-state index in [4.69, 9.17) is 4.74 Å². The molecule has 0 saturated carbocycles. The van der Waals surface area contributed by atoms with E-state index >= 15 is 0 Å². The van der Waals surface area contributed by atoms with Gasteiger partial charge in [0.05, 0.1) is 5.57 Å². The Morgan fingerprint density at radius 2 is 1.68 bits per heavy atom. The van der Waals surface area contributed by atoms with Crippen LogP contribution in [0.15, 0.2) is 91.4 Å². The lowest BCUT2D eigenvalue weighted by Crippen LogP contribution is -2.08. The standard InChI is InChI=1S/C16H17NO2/c1-5-9-12-15(11-7-3)19-16(18)14(10-6-2)13-17-8-4/h5-13H,1-4H2/b12-9-,14-10+,15-11+,17-13?. The molecule has 0 N–H and O–H groups in total. The molecule has 0 aliphatic carbocycles. The Labute approximate surface area is 114 Å². The average molecular weight is 255 g/mol. The fourth-order valence-electron chi connectivity index (χ4n) is 0.992. The summed E-state index contributed by atoms with van der Waals surface area (Å²) in [6.45, 7) is 14.0. The summed E-state index contributed by atoms with van der Waals surface area (Å²) in [7, 11) is 0. The Morgan fingerprint density at radius 3 is 2.21 bits per heavy atom. The third-order valence-corrected chi connectivity index (χ3v) is 1.74. The van der Waals surface area contributed by atoms with Gasteiger partial charge in [0.2, 0.25) is 0 Å². The van der Waals surface area contributed by atoms with Crippen molar-refractivity contribution in [2.75, 3.05) is 0 Å². The molecule has 0 heterocycles. The zero-order chi connectivity index (χ0) is 14.5. The van der Waals surface area contributed by atoms with E-state index in [2.05, 4.69) is 31.3 Å². The predicted molar refractivity (Wildman–Crippen MR) is 80.7 cm³/mol. The van der Waals surface area contributed by atoms with Crippen LogP contribution >= 0.6 is 0 Å². The second-order valence-electron chi connectivity index (χ2n) is 3.11. The molecule has 19 heavy (non-hydrogen) atoms. The zero-order valence-corrected chi connectivity index (χ0v) is 10.8. The van der Waals surface area contributed by atoms with Crippen molar-refractivity contribution in [1.29, 1.82) is 0 Å². The molecule has 3 nitrogen and oxygen atoms in total. The molecule has 0 fully saturated rings. The fourth-order valence-corrected chi connectivity index (χ4v) is 0.992. The normalized spacial score (nSPS) is 12.4. The van der Waals surface area contributed by atoms with Crippen LogP contribution in [-0.2, 0) is 9.53 Å². The van der Waals surface area contributed by atoms with Crippen LogP contribution in [0, 0.1) is 0 Å². The largest absolute Gasteiger partial charge is 0.423 e. The first-order chi connectivity index (χ1) is 9.19. The van der Waals surface area contributed by atoms with Crippen molar-refractivity contribution in [3.8, 4) is 0 Å². The molecule has 0 radical (unpaired) electrons. The van der Waals surface area contributed by atoms with Gasteiger partial charge in [0.25, 0.3) is 0 Å². The topological polar surface area (TPSA) is 38.7 Å². The van der Waals surface area contributed by atoms with Gasteiger partial charge in [0.1, 0.15) is 5.76 Å². The van der Waals surface area contributed by atoms with Crippen molar-refractivity contribution in [1.82, 2.24) is 0 Å². The molecule has 0 aromatic heterocycles. The molecule has 0 amide bonds. The summed E-state index contributed by atoms with van der Waals surface area (Å²) in [6, 6.07) is 0. The molecular formula is C16H17NO2. The van der Waals surface area contributed by atoms with E-state index in [1.165, 1.54) is 30.6 Å². The Balaban J connectivity index is 5.05. The van der Waals surface area contributed by atoms with Crippen molar-refractivity contribution in [2.24, 2.45) is 4.99 Å². The van der Waals surface area contributed by atoms with Crippen molar-refractivity contribution in [3.05, 3.63) is 86.4 Å². The van der Waals surface area contributed by atoms with E-state index in [0.29, 0.717) is 5.76 Å². The number of esters is 1. The molecule has 0 aromatic rings. The van der Waals surface area contributed by atoms with E-state index in [1.54, 1.807) is 24.3 Å². The third-order valence-electron chi connectivity index (χ3n) is 1.74. The highest BCUT2D eigenvalue weighted by Crippen LogP contribution is 2.06. The second-order valence-corrected chi connectivity index (χ2v) is 3.11. The van der Waals surface area contributed by atoms with Crippen molar-refractivity contribution in [2.45, 2.75) is 0 Å². The molecular weight excluding hydrogens is 238 g/mol. The average Bonchev–Trinajstić information content (AvgIpc) is 2.40. The first-order valence-corrected chi connectivity index (χ1v) is 5.50. The maximum Gasteiger partial charge on any atom is 0.345 e. The summed E-state index contributed by atoms with van der Waals surface area (Å²) < 4.78 is 5.18. The van der Waals surface area contributed by atoms with Gasteiger partial charge in [-0.1, -0.05) is 50.6 Å². The molecule has 0 bridgehead atoms. The van der Waals surface area contributed by atoms with Crippen LogP contribution in [0.1, 0.15) is 0 Å². The maximum absolute atomic E-state index is 11.9. The Bertz CT molecular complexity index is 477. The first kappa shape index (κ1) is 16.3. The Hall–Kier alpha value is -2.68. The molecule has 0 saturated heterocycles. The number of ether oxygens (including phenoxy) is 1. The van der Waals surface area contributed by atoms with E-state index in [1.807, 2.05) is 0 Å². The molecule has 0 aromatic carbocycles. The Morgan fingerprint density at radius 1 is 1.00 bits per heavy atom. The predicted octanol–water partition coefficient (Wildman–Crippen LogP) is 3.67. The summed E-state index contributed by atoms with van der Waals surface area (Å²) in [6.07, 6.45) is 13.5. The number of hydrogen-bond donors (Lipinski definition) is 0. The van der Waals surface area contributed by atoms with Crippen LogP contribution in [0.2, 0.25) is 0 Å². The van der Waals surface area contributed by atoms with Crippen LogP contribution in [-0.4, -0.2) is 12.2 Å². The van der Waals surface area contributed by atoms with Gasteiger partial charge in [-0.25, -0.2) is 4.79 Å². The molecule has 0 aliphatic heterocycles. The molecule has 98 valence electrons. The number of carbonyl (C=O) groups excluding carboxylic acids is 1. The minimum atomic E-state index is -0.549. The third kappa shape index (κ3) is 7.28. The monoisotopic (exact) mass is 255 g/mol. The van der Waals surface area contributed by atoms with Crippen LogP contribution < -0.4 is 0 Å². The van der Waals surface area contributed by atoms with Gasteiger partial charge in [-0.2, -0.15) is 0 Å². The summed E-state index contributed by atoms with van der Waals surface area (Å²) in [5, 5.41) is 0. The zero-order valence-electron chi connectivity index (χ0n) is 10.8. The summed E-state index contributed by atoms with van der Waals surface area (Å²) in [4.78, 5) is 15.7. The molecule has 0 aliphatic rings. The lowest BCUT2D eigenvalue weighted by atomic mass is 10.2. The van der Waals surface area contributed by atoms with Crippen molar-refractivity contribution in [3.63, 3.8) is 0 Å². The number of rotatable bonds is 8. The maximum atomic E-state index is 11.9. The lowest BCUT2D eigenvalue weighted by Gasteiger charge is -2.04. The smallest absolute Gasteiger partial charge is 0.345 e. The summed E-state index contributed by atoms with van der Waals surface area (Å²) in [5.74, 6) is -0.200. The number of nitrogens with zero attached hydrogens (tertiary/aromatic N) is 1. The van der Waals surface area contributed by atoms with E-state index in [9.17, 15) is 4.79 Å². The molecule has 0 spiro atoms. The van der Waals surface area contributed by atoms with Crippen LogP contribution in [0.5, 0.6) is 0 Å². The van der Waals surface area contributed by atoms with Crippen molar-refractivity contribution >= 4 is 12.2 Å². The van der Waals surface area contributed by atoms with Crippen LogP contribution in [0.3, 0.4) is 0 Å². The number of hydrogen-bond acceptors (Lipinski definition) is 3. The van der Waals surface area contributed by atoms with E-state index in [-0.39, 0.29) is 5.57 Å². The van der Waals surface area contributed by atoms with Gasteiger partial charge in [0, 0.05) is 12.4 Å². The van der Waals surface area contributed by atoms with Crippen LogP contribution in [0.4, 0.5) is 0 Å². The second kappa shape index (κ2) is 10.5. The van der Waals surface area contributed by atoms with Gasteiger partial charge in [-0.05, 0) is 18.2 Å². The summed E-state index contributed by atoms with van der Waals surface area (Å²) >= 11 is 0. The molecule has 3 heteroatoms. The highest BCUT2D eigenvalue weighted by molar-refractivity contribution is 6.10.